The van der Waals surface area contributed by atoms with E-state index in [4.69, 9.17) is 40.4 Å². The number of methoxy groups -OCH3 is 4. The van der Waals surface area contributed by atoms with Gasteiger partial charge in [-0.25, -0.2) is 9.97 Å². The minimum absolute atomic E-state index is 0.0199. The van der Waals surface area contributed by atoms with Crippen LogP contribution < -0.4 is 77.8 Å². The number of ether oxygens (including phenoxy) is 4. The van der Waals surface area contributed by atoms with E-state index in [9.17, 15) is 9.59 Å². The van der Waals surface area contributed by atoms with Crippen molar-refractivity contribution in [3.63, 3.8) is 0 Å². The Bertz CT molecular complexity index is 5820. The van der Waals surface area contributed by atoms with Gasteiger partial charge >= 0.3 is 0 Å². The van der Waals surface area contributed by atoms with Crippen LogP contribution in [0, 0.1) is 0 Å². The molecule has 14 N–H and O–H groups in total. The third-order valence-corrected chi connectivity index (χ3v) is 18.6. The highest BCUT2D eigenvalue weighted by Gasteiger charge is 2.25. The van der Waals surface area contributed by atoms with E-state index in [1.165, 1.54) is 0 Å². The number of anilines is 12. The number of nitrogens with two attached hydrogens (primary N) is 2. The van der Waals surface area contributed by atoms with Gasteiger partial charge in [0.05, 0.1) is 45.5 Å². The first-order valence-electron chi connectivity index (χ1n) is 36.8. The fraction of sp³-hybridized carbons (Fsp3) is 0.193. The van der Waals surface area contributed by atoms with Crippen molar-refractivity contribution in [1.82, 2.24) is 74.8 Å². The van der Waals surface area contributed by atoms with Gasteiger partial charge in [-0.05, 0) is 145 Å². The Morgan fingerprint density at radius 2 is 0.843 bits per heavy atom. The second-order valence-electron chi connectivity index (χ2n) is 26.1. The zero-order chi connectivity index (χ0) is 80.0. The summed E-state index contributed by atoms with van der Waals surface area (Å²) in [7, 11) is 10.2. The number of carbonyl (C=O) groups excluding carboxylic acids is 2. The highest BCUT2D eigenvalue weighted by atomic mass is 16.5. The Morgan fingerprint density at radius 3 is 1.36 bits per heavy atom. The predicted molar refractivity (Wildman–Crippen MR) is 448 cm³/mol. The molecular weight excluding hydrogens is 1460 g/mol. The number of rotatable bonds is 32. The van der Waals surface area contributed by atoms with E-state index < -0.39 is 23.9 Å². The Hall–Kier alpha value is -15.1. The van der Waals surface area contributed by atoms with Gasteiger partial charge in [0.25, 0.3) is 0 Å². The summed E-state index contributed by atoms with van der Waals surface area (Å²) in [5.41, 5.74) is 22.3. The maximum atomic E-state index is 12.6. The van der Waals surface area contributed by atoms with Gasteiger partial charge in [0.2, 0.25) is 65.3 Å². The van der Waals surface area contributed by atoms with Crippen LogP contribution in [0.5, 0.6) is 23.0 Å². The number of amides is 2. The van der Waals surface area contributed by atoms with Crippen LogP contribution in [0.4, 0.5) is 70.6 Å². The number of para-hydroxylation sites is 2. The van der Waals surface area contributed by atoms with Crippen molar-refractivity contribution in [2.45, 2.75) is 50.7 Å². The number of primary amides is 2. The van der Waals surface area contributed by atoms with E-state index in [2.05, 4.69) is 132 Å². The molecule has 9 aromatic heterocycles. The first-order chi connectivity index (χ1) is 56.2. The maximum absolute atomic E-state index is 12.6. The standard InChI is InChI=1S/C31H35N9O2.C30H28N10O3.C22H23N7O/c1-20(21-10-5-4-6-11-21)40(2)31-38-29(34-17-15-22-12-7-8-14-26(22)42-3)37-30(39-31)36-25(27(32)41)18-23-19-35-28-24(23)13-9-16-33-28;1-42-24-10-8-20(15-25(24)43-2)36-29-38-28(35-19-7-9-22-17(13-19)5-3-11-32-22)39-30(40-29)37-23(26(31)41)14-18-16-34-27-21(18)6-4-12-33-27;1-23-20-27-21(25-13-11-15-6-3-4-8-19(15)30-2)29-22(28-20)26-17-9-10-18-16(14-17)7-5-12-24-18/h4-14,16,19-20,25H,15,17-18H2,1-3H3,(H2,32,41)(H,33,35)(H2,34,36,37,38,39);3-13,15-16,23H,14H2,1-2H3,(H2,31,41)(H,33,34)(H3,35,36,37,38,39,40);3-10,12,14H,11,13H2,1-2H3,(H3,23,25,26,27,28,29)/t20-,25?;;/m0../s1. The quantitative estimate of drug-likeness (QED) is 0.0186. The number of H-pyrrole nitrogens is 2. The summed E-state index contributed by atoms with van der Waals surface area (Å²) < 4.78 is 21.7. The van der Waals surface area contributed by atoms with Crippen molar-refractivity contribution in [1.29, 1.82) is 0 Å². The van der Waals surface area contributed by atoms with E-state index in [0.29, 0.717) is 72.9 Å². The summed E-state index contributed by atoms with van der Waals surface area (Å²) in [6.07, 6.45) is 12.7. The van der Waals surface area contributed by atoms with E-state index in [0.717, 1.165) is 101 Å². The van der Waals surface area contributed by atoms with Crippen LogP contribution in [-0.2, 0) is 35.3 Å². The second-order valence-corrected chi connectivity index (χ2v) is 26.1. The lowest BCUT2D eigenvalue weighted by atomic mass is 10.1. The molecule has 0 spiro atoms. The third-order valence-electron chi connectivity index (χ3n) is 18.6. The molecule has 0 bridgehead atoms. The number of hydrogen-bond acceptors (Lipinski definition) is 28. The number of hydrogen-bond donors (Lipinski definition) is 12. The minimum atomic E-state index is -0.824. The average Bonchev–Trinajstić information content (AvgIpc) is 1.74. The number of fused-ring (bicyclic) bond motifs is 4. The highest BCUT2D eigenvalue weighted by Crippen LogP contribution is 2.33. The highest BCUT2D eigenvalue weighted by molar-refractivity contribution is 5.88. The van der Waals surface area contributed by atoms with Gasteiger partial charge in [-0.1, -0.05) is 78.9 Å². The van der Waals surface area contributed by atoms with Crippen molar-refractivity contribution < 1.29 is 28.5 Å². The number of pyridine rings is 4. The number of benzene rings is 6. The molecule has 0 fully saturated rings. The number of carbonyl (C=O) groups is 2. The van der Waals surface area contributed by atoms with Crippen LogP contribution in [0.2, 0.25) is 0 Å². The summed E-state index contributed by atoms with van der Waals surface area (Å²) in [4.78, 5) is 91.7. The molecule has 0 saturated carbocycles. The molecule has 32 heteroatoms. The Balaban J connectivity index is 0.000000153. The van der Waals surface area contributed by atoms with Gasteiger partial charge < -0.3 is 87.8 Å². The molecule has 115 heavy (non-hydrogen) atoms. The van der Waals surface area contributed by atoms with Crippen molar-refractivity contribution in [3.05, 3.63) is 247 Å². The molecule has 0 saturated heterocycles. The van der Waals surface area contributed by atoms with E-state index in [1.54, 1.807) is 78.5 Å². The van der Waals surface area contributed by atoms with Crippen molar-refractivity contribution in [3.8, 4) is 23.0 Å². The largest absolute Gasteiger partial charge is 0.496 e. The monoisotopic (exact) mass is 1540 g/mol. The molecule has 15 rings (SSSR count). The predicted octanol–water partition coefficient (Wildman–Crippen LogP) is 12.3. The summed E-state index contributed by atoms with van der Waals surface area (Å²) in [5, 5.41) is 29.3. The first kappa shape index (κ1) is 78.0. The number of nitrogens with zero attached hydrogens (tertiary/aromatic N) is 14. The number of nitrogens with one attached hydrogen (secondary N) is 10. The molecular formula is C83H86N26O6. The van der Waals surface area contributed by atoms with Crippen LogP contribution in [0.25, 0.3) is 43.9 Å². The van der Waals surface area contributed by atoms with E-state index in [1.807, 2.05) is 170 Å². The lowest BCUT2D eigenvalue weighted by Gasteiger charge is -2.26. The van der Waals surface area contributed by atoms with Gasteiger partial charge in [0.15, 0.2) is 11.5 Å². The van der Waals surface area contributed by atoms with Gasteiger partial charge in [-0.15, -0.1) is 0 Å². The van der Waals surface area contributed by atoms with E-state index in [-0.39, 0.29) is 36.3 Å². The molecule has 584 valence electrons. The van der Waals surface area contributed by atoms with Crippen LogP contribution in [0.15, 0.2) is 219 Å². The first-order valence-corrected chi connectivity index (χ1v) is 36.8. The zero-order valence-electron chi connectivity index (χ0n) is 64.1. The normalized spacial score (nSPS) is 11.7. The second kappa shape index (κ2) is 37.5. The molecule has 0 aliphatic rings. The van der Waals surface area contributed by atoms with Crippen molar-refractivity contribution >= 4 is 126 Å². The van der Waals surface area contributed by atoms with Crippen LogP contribution in [0.1, 0.15) is 40.8 Å². The Labute approximate surface area is 661 Å². The fourth-order valence-corrected chi connectivity index (χ4v) is 12.6. The van der Waals surface area contributed by atoms with Crippen molar-refractivity contribution in [2.75, 3.05) is 103 Å². The summed E-state index contributed by atoms with van der Waals surface area (Å²) in [6.45, 7) is 3.30. The number of aromatic nitrogens is 15. The Morgan fingerprint density at radius 1 is 0.426 bits per heavy atom. The summed E-state index contributed by atoms with van der Waals surface area (Å²) in [5.74, 6) is 4.83. The molecule has 15 aromatic rings. The van der Waals surface area contributed by atoms with Gasteiger partial charge in [-0.2, -0.15) is 44.9 Å². The molecule has 0 radical (unpaired) electrons. The van der Waals surface area contributed by atoms with Gasteiger partial charge in [0.1, 0.15) is 34.9 Å². The molecule has 3 atom stereocenters. The minimum Gasteiger partial charge on any atom is -0.496 e. The zero-order valence-corrected chi connectivity index (χ0v) is 64.1. The average molecular weight is 1540 g/mol. The van der Waals surface area contributed by atoms with Gasteiger partial charge in [-0.3, -0.25) is 19.6 Å². The number of aromatic amines is 2. The summed E-state index contributed by atoms with van der Waals surface area (Å²) >= 11 is 0. The molecule has 2 unspecified atom stereocenters. The molecule has 6 aromatic carbocycles. The van der Waals surface area contributed by atoms with Crippen LogP contribution >= 0.6 is 0 Å². The smallest absolute Gasteiger partial charge is 0.240 e. The molecule has 9 heterocycles. The Kier molecular flexibility index (Phi) is 25.5. The maximum Gasteiger partial charge on any atom is 0.240 e. The SMILES string of the molecule is CNc1nc(NCCc2ccccc2OC)nc(Nc2ccc3ncccc3c2)n1.COc1ccc(Nc2nc(Nc3ccc4ncccc4c3)nc(NC(Cc3c[nH]c4ncccc34)C(N)=O)n2)cc1OC.COc1ccccc1CCNc1nc(NC(Cc2c[nH]c3ncccc23)C(N)=O)nc(N(C)[C@@H](C)c2ccccc2)n1. The van der Waals surface area contributed by atoms with Crippen LogP contribution in [-0.4, -0.2) is 154 Å². The fourth-order valence-electron chi connectivity index (χ4n) is 12.6. The molecule has 32 nitrogen and oxygen atoms in total. The molecule has 0 aliphatic carbocycles. The summed E-state index contributed by atoms with van der Waals surface area (Å²) in [6, 6.07) is 56.7. The lowest BCUT2D eigenvalue weighted by molar-refractivity contribution is -0.119. The van der Waals surface area contributed by atoms with Crippen molar-refractivity contribution in [2.24, 2.45) is 11.5 Å². The topological polar surface area (TPSA) is 422 Å². The third kappa shape index (κ3) is 20.3. The molecule has 0 aliphatic heterocycles. The van der Waals surface area contributed by atoms with Crippen LogP contribution in [0.3, 0.4) is 0 Å². The lowest BCUT2D eigenvalue weighted by Crippen LogP contribution is -2.38. The molecule has 2 amide bonds. The van der Waals surface area contributed by atoms with Gasteiger partial charge in [0, 0.05) is 122 Å². The van der Waals surface area contributed by atoms with E-state index >= 15 is 0 Å².